The highest BCUT2D eigenvalue weighted by Crippen LogP contribution is 2.08. The van der Waals surface area contributed by atoms with Crippen LogP contribution in [0.3, 0.4) is 0 Å². The van der Waals surface area contributed by atoms with Crippen molar-refractivity contribution in [3.05, 3.63) is 0 Å². The summed E-state index contributed by atoms with van der Waals surface area (Å²) in [5.74, 6) is 0. The van der Waals surface area contributed by atoms with Gasteiger partial charge in [0, 0.05) is 25.8 Å². The largest absolute Gasteiger partial charge is 0.381 e. The maximum absolute atomic E-state index is 5.46. The van der Waals surface area contributed by atoms with Gasteiger partial charge in [-0.25, -0.2) is 0 Å². The van der Waals surface area contributed by atoms with E-state index in [0.29, 0.717) is 6.04 Å². The summed E-state index contributed by atoms with van der Waals surface area (Å²) in [7, 11) is 0. The first-order chi connectivity index (χ1) is 8.33. The summed E-state index contributed by atoms with van der Waals surface area (Å²) in [5, 5.41) is 3.59. The highest BCUT2D eigenvalue weighted by molar-refractivity contribution is 4.70. The Morgan fingerprint density at radius 2 is 1.94 bits per heavy atom. The molecule has 0 aromatic carbocycles. The standard InChI is InChI=1S/C14H30N2O/c1-3-11-17-12-7-8-15-14(2)13-16-9-5-4-6-10-16/h14-15H,3-13H2,1-2H3. The smallest absolute Gasteiger partial charge is 0.0478 e. The number of nitrogens with one attached hydrogen (secondary N) is 1. The van der Waals surface area contributed by atoms with E-state index < -0.39 is 0 Å². The van der Waals surface area contributed by atoms with Crippen molar-refractivity contribution in [2.24, 2.45) is 0 Å². The molecule has 1 N–H and O–H groups in total. The minimum Gasteiger partial charge on any atom is -0.381 e. The van der Waals surface area contributed by atoms with E-state index >= 15 is 0 Å². The molecule has 1 heterocycles. The lowest BCUT2D eigenvalue weighted by molar-refractivity contribution is 0.131. The zero-order valence-electron chi connectivity index (χ0n) is 11.7. The van der Waals surface area contributed by atoms with Crippen LogP contribution in [0.1, 0.15) is 46.0 Å². The summed E-state index contributed by atoms with van der Waals surface area (Å²) in [4.78, 5) is 2.59. The highest BCUT2D eigenvalue weighted by Gasteiger charge is 2.12. The molecule has 0 spiro atoms. The van der Waals surface area contributed by atoms with Crippen molar-refractivity contribution in [1.82, 2.24) is 10.2 Å². The van der Waals surface area contributed by atoms with Crippen molar-refractivity contribution >= 4 is 0 Å². The lowest BCUT2D eigenvalue weighted by Crippen LogP contribution is -2.41. The summed E-state index contributed by atoms with van der Waals surface area (Å²) in [6, 6.07) is 0.610. The van der Waals surface area contributed by atoms with Gasteiger partial charge in [-0.3, -0.25) is 0 Å². The number of nitrogens with zero attached hydrogens (tertiary/aromatic N) is 1. The van der Waals surface area contributed by atoms with E-state index in [1.807, 2.05) is 0 Å². The molecule has 1 unspecified atom stereocenters. The lowest BCUT2D eigenvalue weighted by Gasteiger charge is -2.29. The van der Waals surface area contributed by atoms with Gasteiger partial charge in [0.1, 0.15) is 0 Å². The molecule has 0 bridgehead atoms. The first-order valence-corrected chi connectivity index (χ1v) is 7.36. The van der Waals surface area contributed by atoms with Crippen LogP contribution < -0.4 is 5.32 Å². The molecule has 0 aromatic heterocycles. The van der Waals surface area contributed by atoms with E-state index in [1.165, 1.54) is 38.9 Å². The number of hydrogen-bond acceptors (Lipinski definition) is 3. The predicted octanol–water partition coefficient (Wildman–Crippen LogP) is 2.27. The molecule has 17 heavy (non-hydrogen) atoms. The molecule has 0 aromatic rings. The minimum absolute atomic E-state index is 0.610. The summed E-state index contributed by atoms with van der Waals surface area (Å²) < 4.78 is 5.46. The zero-order valence-corrected chi connectivity index (χ0v) is 11.7. The molecule has 0 radical (unpaired) electrons. The van der Waals surface area contributed by atoms with E-state index in [0.717, 1.165) is 32.6 Å². The summed E-state index contributed by atoms with van der Waals surface area (Å²) >= 11 is 0. The Labute approximate surface area is 107 Å². The quantitative estimate of drug-likeness (QED) is 0.628. The van der Waals surface area contributed by atoms with Crippen molar-refractivity contribution in [3.63, 3.8) is 0 Å². The summed E-state index contributed by atoms with van der Waals surface area (Å²) in [6.45, 7) is 11.1. The van der Waals surface area contributed by atoms with Crippen molar-refractivity contribution in [2.75, 3.05) is 39.4 Å². The van der Waals surface area contributed by atoms with Crippen LogP contribution >= 0.6 is 0 Å². The second kappa shape index (κ2) is 9.86. The van der Waals surface area contributed by atoms with Crippen LogP contribution in [0.4, 0.5) is 0 Å². The molecule has 0 amide bonds. The van der Waals surface area contributed by atoms with Gasteiger partial charge in [-0.15, -0.1) is 0 Å². The topological polar surface area (TPSA) is 24.5 Å². The molecule has 1 rings (SSSR count). The Bertz CT molecular complexity index is 170. The second-order valence-electron chi connectivity index (χ2n) is 5.18. The average Bonchev–Trinajstić information content (AvgIpc) is 2.35. The Morgan fingerprint density at radius 3 is 2.65 bits per heavy atom. The summed E-state index contributed by atoms with van der Waals surface area (Å²) in [5.41, 5.74) is 0. The van der Waals surface area contributed by atoms with E-state index in [9.17, 15) is 0 Å². The van der Waals surface area contributed by atoms with E-state index in [2.05, 4.69) is 24.1 Å². The molecule has 1 aliphatic heterocycles. The number of rotatable bonds is 9. The Kier molecular flexibility index (Phi) is 8.67. The van der Waals surface area contributed by atoms with Crippen LogP contribution in [0, 0.1) is 0 Å². The van der Waals surface area contributed by atoms with Crippen LogP contribution in [-0.4, -0.2) is 50.3 Å². The Hall–Kier alpha value is -0.120. The molecule has 0 saturated carbocycles. The van der Waals surface area contributed by atoms with E-state index in [-0.39, 0.29) is 0 Å². The van der Waals surface area contributed by atoms with Crippen LogP contribution in [0.25, 0.3) is 0 Å². The lowest BCUT2D eigenvalue weighted by atomic mass is 10.1. The Balaban J connectivity index is 1.91. The average molecular weight is 242 g/mol. The number of hydrogen-bond donors (Lipinski definition) is 1. The van der Waals surface area contributed by atoms with Gasteiger partial charge in [0.05, 0.1) is 0 Å². The molecule has 1 aliphatic rings. The van der Waals surface area contributed by atoms with Gasteiger partial charge in [-0.1, -0.05) is 13.3 Å². The third-order valence-corrected chi connectivity index (χ3v) is 3.29. The fourth-order valence-corrected chi connectivity index (χ4v) is 2.36. The second-order valence-corrected chi connectivity index (χ2v) is 5.18. The van der Waals surface area contributed by atoms with E-state index in [1.54, 1.807) is 0 Å². The van der Waals surface area contributed by atoms with Crippen molar-refractivity contribution < 1.29 is 4.74 Å². The van der Waals surface area contributed by atoms with Gasteiger partial charge in [0.15, 0.2) is 0 Å². The highest BCUT2D eigenvalue weighted by atomic mass is 16.5. The molecule has 3 nitrogen and oxygen atoms in total. The minimum atomic E-state index is 0.610. The fraction of sp³-hybridized carbons (Fsp3) is 1.00. The molecular weight excluding hydrogens is 212 g/mol. The van der Waals surface area contributed by atoms with Gasteiger partial charge in [-0.2, -0.15) is 0 Å². The van der Waals surface area contributed by atoms with Gasteiger partial charge in [0.25, 0.3) is 0 Å². The van der Waals surface area contributed by atoms with Gasteiger partial charge < -0.3 is 15.0 Å². The first-order valence-electron chi connectivity index (χ1n) is 7.36. The molecule has 3 heteroatoms. The Morgan fingerprint density at radius 1 is 1.18 bits per heavy atom. The molecular formula is C14H30N2O. The first kappa shape index (κ1) is 14.9. The van der Waals surface area contributed by atoms with Crippen LogP contribution in [0.2, 0.25) is 0 Å². The van der Waals surface area contributed by atoms with Crippen molar-refractivity contribution in [2.45, 2.75) is 52.0 Å². The predicted molar refractivity (Wildman–Crippen MR) is 73.5 cm³/mol. The zero-order chi connectivity index (χ0) is 12.3. The van der Waals surface area contributed by atoms with Gasteiger partial charge in [0.2, 0.25) is 0 Å². The van der Waals surface area contributed by atoms with E-state index in [4.69, 9.17) is 4.74 Å². The van der Waals surface area contributed by atoms with Crippen molar-refractivity contribution in [3.8, 4) is 0 Å². The molecule has 1 fully saturated rings. The number of ether oxygens (including phenoxy) is 1. The molecule has 102 valence electrons. The number of piperidine rings is 1. The fourth-order valence-electron chi connectivity index (χ4n) is 2.36. The van der Waals surface area contributed by atoms with Crippen LogP contribution in [0.5, 0.6) is 0 Å². The van der Waals surface area contributed by atoms with Crippen LogP contribution in [-0.2, 0) is 4.74 Å². The third kappa shape index (κ3) is 7.74. The normalized spacial score (nSPS) is 19.4. The molecule has 0 aliphatic carbocycles. The summed E-state index contributed by atoms with van der Waals surface area (Å²) in [6.07, 6.45) is 6.45. The third-order valence-electron chi connectivity index (χ3n) is 3.29. The SMILES string of the molecule is CCCOCCCNC(C)CN1CCCCC1. The molecule has 1 saturated heterocycles. The molecule has 1 atom stereocenters. The van der Waals surface area contributed by atoms with Gasteiger partial charge in [-0.05, 0) is 52.2 Å². The maximum Gasteiger partial charge on any atom is 0.0478 e. The van der Waals surface area contributed by atoms with Gasteiger partial charge >= 0.3 is 0 Å². The maximum atomic E-state index is 5.46. The number of likely N-dealkylation sites (tertiary alicyclic amines) is 1. The van der Waals surface area contributed by atoms with Crippen LogP contribution in [0.15, 0.2) is 0 Å². The van der Waals surface area contributed by atoms with Crippen molar-refractivity contribution in [1.29, 1.82) is 0 Å². The monoisotopic (exact) mass is 242 g/mol.